The molecular formula is C18H17F6N3O3. The second-order valence-corrected chi connectivity index (χ2v) is 6.46. The van der Waals surface area contributed by atoms with E-state index in [2.05, 4.69) is 15.2 Å². The van der Waals surface area contributed by atoms with E-state index in [-0.39, 0.29) is 11.4 Å². The number of aryl methyl sites for hydroxylation is 1. The molecule has 1 heterocycles. The number of aromatic nitrogens is 2. The van der Waals surface area contributed by atoms with Gasteiger partial charge in [0.05, 0.1) is 17.9 Å². The van der Waals surface area contributed by atoms with E-state index in [4.69, 9.17) is 0 Å². The zero-order chi connectivity index (χ0) is 22.7. The maximum absolute atomic E-state index is 12.9. The number of carbonyl (C=O) groups is 1. The molecule has 1 unspecified atom stereocenters. The molecule has 0 saturated carbocycles. The highest BCUT2D eigenvalue weighted by molar-refractivity contribution is 5.92. The van der Waals surface area contributed by atoms with Crippen LogP contribution in [0.3, 0.4) is 0 Å². The molecule has 0 aliphatic rings. The maximum Gasteiger partial charge on any atom is 0.416 e. The number of hydrogen-bond donors (Lipinski definition) is 1. The van der Waals surface area contributed by atoms with Gasteiger partial charge in [0, 0.05) is 17.8 Å². The van der Waals surface area contributed by atoms with E-state index in [1.807, 2.05) is 0 Å². The Morgan fingerprint density at radius 3 is 2.47 bits per heavy atom. The summed E-state index contributed by atoms with van der Waals surface area (Å²) >= 11 is 0. The minimum Gasteiger partial charge on any atom is -0.370 e. The number of rotatable bonds is 6. The van der Waals surface area contributed by atoms with E-state index in [1.165, 1.54) is 19.9 Å². The lowest BCUT2D eigenvalue weighted by molar-refractivity contribution is -0.174. The summed E-state index contributed by atoms with van der Waals surface area (Å²) in [5, 5.41) is 6.11. The van der Waals surface area contributed by atoms with Crippen molar-refractivity contribution in [3.8, 4) is 5.69 Å². The molecule has 164 valence electrons. The van der Waals surface area contributed by atoms with Gasteiger partial charge in [0.15, 0.2) is 5.69 Å². The maximum atomic E-state index is 12.9. The summed E-state index contributed by atoms with van der Waals surface area (Å²) in [5.74, 6) is -0.996. The van der Waals surface area contributed by atoms with Crippen molar-refractivity contribution in [2.75, 3.05) is 13.2 Å². The molecular weight excluding hydrogens is 420 g/mol. The van der Waals surface area contributed by atoms with Gasteiger partial charge < -0.3 is 10.1 Å². The molecule has 2 aromatic rings. The Morgan fingerprint density at radius 1 is 1.20 bits per heavy atom. The number of amides is 1. The summed E-state index contributed by atoms with van der Waals surface area (Å²) in [6, 6.07) is 4.26. The number of alkyl halides is 6. The Kier molecular flexibility index (Phi) is 6.91. The predicted octanol–water partition coefficient (Wildman–Crippen LogP) is 3.26. The van der Waals surface area contributed by atoms with Gasteiger partial charge in [0.2, 0.25) is 5.43 Å². The first-order valence-corrected chi connectivity index (χ1v) is 8.52. The standard InChI is InChI=1S/C18H17F6N3O3/c1-10(8-30-9-17(19,20)21)25-16(29)15-14(28)6-11(2)27(26-15)13-5-3-4-12(7-13)18(22,23)24/h3-7,10H,8-9H2,1-2H3,(H,25,29). The Balaban J connectivity index is 2.25. The number of halogens is 6. The Labute approximate surface area is 166 Å². The molecule has 1 aromatic carbocycles. The van der Waals surface area contributed by atoms with E-state index < -0.39 is 54.2 Å². The van der Waals surface area contributed by atoms with Crippen molar-refractivity contribution in [3.05, 3.63) is 57.5 Å². The molecule has 1 N–H and O–H groups in total. The SMILES string of the molecule is Cc1cc(=O)c(C(=O)NC(C)COCC(F)(F)F)nn1-c1cccc(C(F)(F)F)c1. The van der Waals surface area contributed by atoms with Crippen molar-refractivity contribution in [2.45, 2.75) is 32.2 Å². The lowest BCUT2D eigenvalue weighted by Gasteiger charge is -2.16. The molecule has 0 fully saturated rings. The molecule has 0 bridgehead atoms. The Hall–Kier alpha value is -2.89. The lowest BCUT2D eigenvalue weighted by Crippen LogP contribution is -2.40. The van der Waals surface area contributed by atoms with Crippen LogP contribution in [0.2, 0.25) is 0 Å². The topological polar surface area (TPSA) is 73.2 Å². The van der Waals surface area contributed by atoms with Gasteiger partial charge in [-0.25, -0.2) is 4.68 Å². The fourth-order valence-electron chi connectivity index (χ4n) is 2.47. The number of nitrogens with zero attached hydrogens (tertiary/aromatic N) is 2. The molecule has 0 spiro atoms. The highest BCUT2D eigenvalue weighted by atomic mass is 19.4. The molecule has 0 saturated heterocycles. The number of carbonyl (C=O) groups excluding carboxylic acids is 1. The third kappa shape index (κ3) is 6.31. The van der Waals surface area contributed by atoms with Gasteiger partial charge in [-0.15, -0.1) is 0 Å². The molecule has 30 heavy (non-hydrogen) atoms. The van der Waals surface area contributed by atoms with E-state index in [0.717, 1.165) is 28.9 Å². The first-order chi connectivity index (χ1) is 13.8. The number of ether oxygens (including phenoxy) is 1. The Bertz CT molecular complexity index is 969. The van der Waals surface area contributed by atoms with Crippen LogP contribution in [0.4, 0.5) is 26.3 Å². The van der Waals surface area contributed by atoms with Crippen LogP contribution >= 0.6 is 0 Å². The monoisotopic (exact) mass is 437 g/mol. The Morgan fingerprint density at radius 2 is 1.87 bits per heavy atom. The van der Waals surface area contributed by atoms with E-state index >= 15 is 0 Å². The summed E-state index contributed by atoms with van der Waals surface area (Å²) in [6.45, 7) is 0.801. The normalized spacial score (nSPS) is 13.2. The van der Waals surface area contributed by atoms with Gasteiger partial charge in [-0.1, -0.05) is 6.07 Å². The third-order valence-electron chi connectivity index (χ3n) is 3.75. The highest BCUT2D eigenvalue weighted by Gasteiger charge is 2.31. The van der Waals surface area contributed by atoms with Crippen molar-refractivity contribution >= 4 is 5.91 Å². The fourth-order valence-corrected chi connectivity index (χ4v) is 2.47. The molecule has 12 heteroatoms. The van der Waals surface area contributed by atoms with Gasteiger partial charge in [-0.05, 0) is 32.0 Å². The van der Waals surface area contributed by atoms with Crippen molar-refractivity contribution in [1.29, 1.82) is 0 Å². The molecule has 0 radical (unpaired) electrons. The molecule has 0 aliphatic heterocycles. The summed E-state index contributed by atoms with van der Waals surface area (Å²) in [6.07, 6.45) is -9.13. The molecule has 1 amide bonds. The van der Waals surface area contributed by atoms with Crippen molar-refractivity contribution < 1.29 is 35.9 Å². The van der Waals surface area contributed by atoms with Crippen LogP contribution in [0.1, 0.15) is 28.7 Å². The van der Waals surface area contributed by atoms with Crippen molar-refractivity contribution in [2.24, 2.45) is 0 Å². The molecule has 1 atom stereocenters. The smallest absolute Gasteiger partial charge is 0.370 e. The summed E-state index contributed by atoms with van der Waals surface area (Å²) < 4.78 is 80.6. The molecule has 2 rings (SSSR count). The number of hydrogen-bond acceptors (Lipinski definition) is 4. The van der Waals surface area contributed by atoms with E-state index in [0.29, 0.717) is 0 Å². The molecule has 1 aromatic heterocycles. The van der Waals surface area contributed by atoms with Gasteiger partial charge in [0.1, 0.15) is 6.61 Å². The van der Waals surface area contributed by atoms with Crippen molar-refractivity contribution in [3.63, 3.8) is 0 Å². The van der Waals surface area contributed by atoms with Gasteiger partial charge in [-0.3, -0.25) is 9.59 Å². The first kappa shape index (κ1) is 23.4. The van der Waals surface area contributed by atoms with E-state index in [1.54, 1.807) is 0 Å². The lowest BCUT2D eigenvalue weighted by atomic mass is 10.2. The number of nitrogens with one attached hydrogen (secondary N) is 1. The summed E-state index contributed by atoms with van der Waals surface area (Å²) in [4.78, 5) is 24.4. The molecule has 0 aliphatic carbocycles. The summed E-state index contributed by atoms with van der Waals surface area (Å²) in [7, 11) is 0. The highest BCUT2D eigenvalue weighted by Crippen LogP contribution is 2.30. The van der Waals surface area contributed by atoms with Crippen LogP contribution in [0, 0.1) is 6.92 Å². The van der Waals surface area contributed by atoms with Crippen LogP contribution in [-0.4, -0.2) is 41.1 Å². The average molecular weight is 437 g/mol. The van der Waals surface area contributed by atoms with Gasteiger partial charge in [-0.2, -0.15) is 31.4 Å². The van der Waals surface area contributed by atoms with Crippen LogP contribution in [0.5, 0.6) is 0 Å². The largest absolute Gasteiger partial charge is 0.416 e. The third-order valence-corrected chi connectivity index (χ3v) is 3.75. The van der Waals surface area contributed by atoms with Crippen LogP contribution < -0.4 is 10.7 Å². The second kappa shape index (κ2) is 8.86. The van der Waals surface area contributed by atoms with Gasteiger partial charge in [0.25, 0.3) is 5.91 Å². The van der Waals surface area contributed by atoms with E-state index in [9.17, 15) is 35.9 Å². The van der Waals surface area contributed by atoms with Crippen LogP contribution in [0.15, 0.2) is 35.1 Å². The van der Waals surface area contributed by atoms with Gasteiger partial charge >= 0.3 is 12.4 Å². The number of benzene rings is 1. The van der Waals surface area contributed by atoms with Crippen LogP contribution in [-0.2, 0) is 10.9 Å². The molecule has 6 nitrogen and oxygen atoms in total. The first-order valence-electron chi connectivity index (χ1n) is 8.52. The van der Waals surface area contributed by atoms with Crippen molar-refractivity contribution in [1.82, 2.24) is 15.1 Å². The summed E-state index contributed by atoms with van der Waals surface area (Å²) in [5.41, 5.74) is -2.21. The quantitative estimate of drug-likeness (QED) is 0.705. The predicted molar refractivity (Wildman–Crippen MR) is 93.4 cm³/mol. The zero-order valence-electron chi connectivity index (χ0n) is 15.8. The fraction of sp³-hybridized carbons (Fsp3) is 0.389. The minimum atomic E-state index is -4.60. The minimum absolute atomic E-state index is 0.0297. The average Bonchev–Trinajstić information content (AvgIpc) is 2.59. The van der Waals surface area contributed by atoms with Crippen LogP contribution in [0.25, 0.3) is 5.69 Å². The second-order valence-electron chi connectivity index (χ2n) is 6.46. The zero-order valence-corrected chi connectivity index (χ0v) is 15.8.